The first kappa shape index (κ1) is 18.7. The highest BCUT2D eigenvalue weighted by atomic mass is 16.6. The van der Waals surface area contributed by atoms with E-state index in [4.69, 9.17) is 4.74 Å². The van der Waals surface area contributed by atoms with Crippen LogP contribution >= 0.6 is 0 Å². The summed E-state index contributed by atoms with van der Waals surface area (Å²) in [5.41, 5.74) is 1.82. The molecule has 1 amide bonds. The number of benzene rings is 2. The Morgan fingerprint density at radius 2 is 1.90 bits per heavy atom. The summed E-state index contributed by atoms with van der Waals surface area (Å²) in [7, 11) is 2.96. The Bertz CT molecular complexity index is 1120. The number of amides is 1. The van der Waals surface area contributed by atoms with E-state index in [0.29, 0.717) is 16.6 Å². The molecule has 1 unspecified atom stereocenters. The molecule has 0 aliphatic carbocycles. The molecule has 0 saturated carbocycles. The molecule has 1 aromatic heterocycles. The predicted octanol–water partition coefficient (Wildman–Crippen LogP) is 3.01. The lowest BCUT2D eigenvalue weighted by Gasteiger charge is -2.27. The molecule has 0 radical (unpaired) electrons. The van der Waals surface area contributed by atoms with Gasteiger partial charge in [-0.05, 0) is 17.7 Å². The first-order valence-corrected chi connectivity index (χ1v) is 9.10. The number of carbonyl (C=O) groups is 2. The number of fused-ring (bicyclic) bond motifs is 3. The predicted molar refractivity (Wildman–Crippen MR) is 106 cm³/mol. The second kappa shape index (κ2) is 7.05. The van der Waals surface area contributed by atoms with E-state index >= 15 is 0 Å². The lowest BCUT2D eigenvalue weighted by molar-refractivity contribution is -0.384. The summed E-state index contributed by atoms with van der Waals surface area (Å²) in [5, 5.41) is 11.8. The third-order valence-electron chi connectivity index (χ3n) is 5.37. The fourth-order valence-electron chi connectivity index (χ4n) is 4.04. The van der Waals surface area contributed by atoms with Crippen molar-refractivity contribution < 1.29 is 19.2 Å². The van der Waals surface area contributed by atoms with Crippen LogP contribution in [0, 0.1) is 16.0 Å². The van der Waals surface area contributed by atoms with Crippen molar-refractivity contribution in [1.82, 2.24) is 9.47 Å². The zero-order valence-electron chi connectivity index (χ0n) is 15.9. The second-order valence-electron chi connectivity index (χ2n) is 7.07. The summed E-state index contributed by atoms with van der Waals surface area (Å²) < 4.78 is 6.86. The van der Waals surface area contributed by atoms with Crippen molar-refractivity contribution in [3.05, 3.63) is 76.0 Å². The van der Waals surface area contributed by atoms with Crippen LogP contribution in [0.25, 0.3) is 10.9 Å². The van der Waals surface area contributed by atoms with E-state index in [1.54, 1.807) is 19.2 Å². The maximum Gasteiger partial charge on any atom is 0.312 e. The van der Waals surface area contributed by atoms with Crippen LogP contribution in [-0.4, -0.2) is 47.0 Å². The van der Waals surface area contributed by atoms with Gasteiger partial charge in [0.2, 0.25) is 0 Å². The van der Waals surface area contributed by atoms with Crippen molar-refractivity contribution in [2.24, 2.45) is 5.92 Å². The SMILES string of the molecule is COC(=O)[C@H]1CN(C)C(=O)c2cc3cc([N+](=O)[O-])ccc3n2C1c1ccccc1. The van der Waals surface area contributed by atoms with E-state index in [-0.39, 0.29) is 18.1 Å². The Morgan fingerprint density at radius 3 is 2.55 bits per heavy atom. The molecule has 8 nitrogen and oxygen atoms in total. The van der Waals surface area contributed by atoms with Crippen LogP contribution in [-0.2, 0) is 9.53 Å². The summed E-state index contributed by atoms with van der Waals surface area (Å²) in [4.78, 5) is 38.0. The minimum atomic E-state index is -0.636. The van der Waals surface area contributed by atoms with Gasteiger partial charge in [-0.25, -0.2) is 0 Å². The zero-order chi connectivity index (χ0) is 20.7. The van der Waals surface area contributed by atoms with Crippen LogP contribution in [0.15, 0.2) is 54.6 Å². The molecule has 8 heteroatoms. The maximum atomic E-state index is 13.1. The number of nitro groups is 1. The largest absolute Gasteiger partial charge is 0.469 e. The van der Waals surface area contributed by atoms with Gasteiger partial charge in [0.05, 0.1) is 24.0 Å². The minimum Gasteiger partial charge on any atom is -0.469 e. The van der Waals surface area contributed by atoms with Crippen molar-refractivity contribution in [2.75, 3.05) is 20.7 Å². The molecule has 29 heavy (non-hydrogen) atoms. The van der Waals surface area contributed by atoms with Gasteiger partial charge in [-0.3, -0.25) is 19.7 Å². The first-order chi connectivity index (χ1) is 13.9. The normalized spacial score (nSPS) is 19.0. The van der Waals surface area contributed by atoms with E-state index < -0.39 is 22.9 Å². The molecule has 0 saturated heterocycles. The van der Waals surface area contributed by atoms with Gasteiger partial charge in [0.25, 0.3) is 11.6 Å². The Hall–Kier alpha value is -3.68. The molecular weight excluding hydrogens is 374 g/mol. The topological polar surface area (TPSA) is 94.7 Å². The number of nitro benzene ring substituents is 1. The van der Waals surface area contributed by atoms with Gasteiger partial charge in [-0.1, -0.05) is 30.3 Å². The average Bonchev–Trinajstić information content (AvgIpc) is 3.06. The van der Waals surface area contributed by atoms with Crippen LogP contribution in [0.2, 0.25) is 0 Å². The number of non-ortho nitro benzene ring substituents is 1. The van der Waals surface area contributed by atoms with Crippen LogP contribution in [0.5, 0.6) is 0 Å². The van der Waals surface area contributed by atoms with Gasteiger partial charge in [-0.2, -0.15) is 0 Å². The molecule has 0 fully saturated rings. The van der Waals surface area contributed by atoms with Gasteiger partial charge >= 0.3 is 5.97 Å². The second-order valence-corrected chi connectivity index (χ2v) is 7.07. The van der Waals surface area contributed by atoms with Crippen LogP contribution in [0.4, 0.5) is 5.69 Å². The van der Waals surface area contributed by atoms with Crippen molar-refractivity contribution in [3.63, 3.8) is 0 Å². The highest BCUT2D eigenvalue weighted by Gasteiger charge is 2.40. The summed E-state index contributed by atoms with van der Waals surface area (Å²) in [5.74, 6) is -1.31. The summed E-state index contributed by atoms with van der Waals surface area (Å²) in [6, 6.07) is 15.1. The Labute approximate surface area is 166 Å². The summed E-state index contributed by atoms with van der Waals surface area (Å²) >= 11 is 0. The molecule has 4 rings (SSSR count). The number of hydrogen-bond donors (Lipinski definition) is 0. The number of aromatic nitrogens is 1. The van der Waals surface area contributed by atoms with Crippen molar-refractivity contribution in [1.29, 1.82) is 0 Å². The molecule has 2 atom stereocenters. The van der Waals surface area contributed by atoms with Crippen LogP contribution < -0.4 is 0 Å². The molecule has 2 aromatic carbocycles. The van der Waals surface area contributed by atoms with Gasteiger partial charge in [-0.15, -0.1) is 0 Å². The lowest BCUT2D eigenvalue weighted by atomic mass is 9.92. The number of ether oxygens (including phenoxy) is 1. The lowest BCUT2D eigenvalue weighted by Crippen LogP contribution is -2.36. The molecule has 1 aliphatic heterocycles. The van der Waals surface area contributed by atoms with Gasteiger partial charge in [0, 0.05) is 36.6 Å². The van der Waals surface area contributed by atoms with Gasteiger partial charge in [0.15, 0.2) is 0 Å². The molecule has 148 valence electrons. The molecule has 0 spiro atoms. The third kappa shape index (κ3) is 3.02. The van der Waals surface area contributed by atoms with Crippen LogP contribution in [0.3, 0.4) is 0 Å². The van der Waals surface area contributed by atoms with Crippen LogP contribution in [0.1, 0.15) is 22.1 Å². The number of nitrogens with zero attached hydrogens (tertiary/aromatic N) is 3. The minimum absolute atomic E-state index is 0.0557. The first-order valence-electron chi connectivity index (χ1n) is 9.10. The van der Waals surface area contributed by atoms with Crippen molar-refractivity contribution in [3.8, 4) is 0 Å². The fraction of sp³-hybridized carbons (Fsp3) is 0.238. The van der Waals surface area contributed by atoms with E-state index in [2.05, 4.69) is 0 Å². The highest BCUT2D eigenvalue weighted by molar-refractivity contribution is 6.00. The van der Waals surface area contributed by atoms with Gasteiger partial charge < -0.3 is 14.2 Å². The summed E-state index contributed by atoms with van der Waals surface area (Å²) in [6.45, 7) is 0.196. The fourth-order valence-corrected chi connectivity index (χ4v) is 4.04. The molecule has 0 bridgehead atoms. The van der Waals surface area contributed by atoms with E-state index in [1.807, 2.05) is 34.9 Å². The third-order valence-corrected chi connectivity index (χ3v) is 5.37. The van der Waals surface area contributed by atoms with Crippen molar-refractivity contribution >= 4 is 28.5 Å². The number of methoxy groups -OCH3 is 1. The Morgan fingerprint density at radius 1 is 1.17 bits per heavy atom. The van der Waals surface area contributed by atoms with Gasteiger partial charge in [0.1, 0.15) is 5.69 Å². The zero-order valence-corrected chi connectivity index (χ0v) is 15.9. The molecule has 1 aliphatic rings. The summed E-state index contributed by atoms with van der Waals surface area (Å²) in [6.07, 6.45) is 0. The number of rotatable bonds is 3. The molecule has 3 aromatic rings. The highest BCUT2D eigenvalue weighted by Crippen LogP contribution is 2.38. The number of hydrogen-bond acceptors (Lipinski definition) is 5. The molecule has 0 N–H and O–H groups in total. The standard InChI is InChI=1S/C21H19N3O5/c1-22-12-16(21(26)29-2)19(13-6-4-3-5-7-13)23-17-9-8-15(24(27)28)10-14(17)11-18(23)20(22)25/h3-11,16,19H,12H2,1-2H3/t16-,19?/m0/s1. The smallest absolute Gasteiger partial charge is 0.312 e. The van der Waals surface area contributed by atoms with E-state index in [0.717, 1.165) is 5.56 Å². The maximum absolute atomic E-state index is 13.1. The Balaban J connectivity index is 2.04. The van der Waals surface area contributed by atoms with Crippen molar-refractivity contribution in [2.45, 2.75) is 6.04 Å². The average molecular weight is 393 g/mol. The van der Waals surface area contributed by atoms with E-state index in [9.17, 15) is 19.7 Å². The number of esters is 1. The van der Waals surface area contributed by atoms with E-state index in [1.165, 1.54) is 24.1 Å². The Kier molecular flexibility index (Phi) is 4.54. The molecular formula is C21H19N3O5. The monoisotopic (exact) mass is 393 g/mol. The number of carbonyl (C=O) groups excluding carboxylic acids is 2. The quantitative estimate of drug-likeness (QED) is 0.387. The molecule has 2 heterocycles.